The Kier molecular flexibility index (Phi) is 6.16. The third-order valence-electron chi connectivity index (χ3n) is 5.70. The van der Waals surface area contributed by atoms with Gasteiger partial charge in [-0.25, -0.2) is 13.2 Å². The number of carboxylic acids is 1. The van der Waals surface area contributed by atoms with Gasteiger partial charge in [0.2, 0.25) is 10.0 Å². The Labute approximate surface area is 209 Å². The summed E-state index contributed by atoms with van der Waals surface area (Å²) in [5, 5.41) is 21.9. The lowest BCUT2D eigenvalue weighted by atomic mass is 9.78. The second-order valence-corrected chi connectivity index (χ2v) is 11.2. The maximum absolute atomic E-state index is 13.1. The van der Waals surface area contributed by atoms with Gasteiger partial charge >= 0.3 is 5.97 Å². The number of nitrogens with one attached hydrogen (secondary N) is 1. The van der Waals surface area contributed by atoms with E-state index < -0.39 is 36.9 Å². The molecule has 0 bridgehead atoms. The SMILES string of the molecule is CC1(c2[nH]cc(-c3c(Cl)cc(Cl)cc3Cl)c2C(=O)O)CN(S(=O)(=O)c2ccccc2[N+](=O)[O-])C1. The highest BCUT2D eigenvalue weighted by molar-refractivity contribution is 7.89. The average molecular weight is 545 g/mol. The van der Waals surface area contributed by atoms with Gasteiger partial charge in [-0.1, -0.05) is 53.9 Å². The van der Waals surface area contributed by atoms with Crippen LogP contribution in [0.1, 0.15) is 23.0 Å². The van der Waals surface area contributed by atoms with Gasteiger partial charge < -0.3 is 10.1 Å². The van der Waals surface area contributed by atoms with Crippen molar-refractivity contribution < 1.29 is 23.2 Å². The maximum Gasteiger partial charge on any atom is 0.338 e. The molecule has 34 heavy (non-hydrogen) atoms. The lowest BCUT2D eigenvalue weighted by Gasteiger charge is -2.46. The number of sulfonamides is 1. The number of H-pyrrole nitrogens is 1. The Morgan fingerprint density at radius 1 is 1.18 bits per heavy atom. The molecule has 1 aromatic heterocycles. The fraction of sp³-hybridized carbons (Fsp3) is 0.190. The highest BCUT2D eigenvalue weighted by Gasteiger charge is 2.50. The molecule has 0 spiro atoms. The van der Waals surface area contributed by atoms with Crippen molar-refractivity contribution in [1.82, 2.24) is 9.29 Å². The van der Waals surface area contributed by atoms with Crippen molar-refractivity contribution in [1.29, 1.82) is 0 Å². The van der Waals surface area contributed by atoms with E-state index in [-0.39, 0.29) is 50.5 Å². The van der Waals surface area contributed by atoms with Gasteiger partial charge in [-0.15, -0.1) is 0 Å². The first-order valence-electron chi connectivity index (χ1n) is 9.70. The van der Waals surface area contributed by atoms with E-state index in [0.29, 0.717) is 0 Å². The summed E-state index contributed by atoms with van der Waals surface area (Å²) >= 11 is 18.5. The van der Waals surface area contributed by atoms with Crippen LogP contribution in [0, 0.1) is 10.1 Å². The third-order valence-corrected chi connectivity index (χ3v) is 8.36. The van der Waals surface area contributed by atoms with Crippen molar-refractivity contribution >= 4 is 56.5 Å². The number of aromatic carboxylic acids is 1. The van der Waals surface area contributed by atoms with Crippen molar-refractivity contribution in [3.05, 3.63) is 79.0 Å². The molecule has 0 saturated carbocycles. The Balaban J connectivity index is 1.72. The Hall–Kier alpha value is -2.63. The lowest BCUT2D eigenvalue weighted by Crippen LogP contribution is -2.60. The fourth-order valence-electron chi connectivity index (χ4n) is 4.14. The molecule has 2 N–H and O–H groups in total. The summed E-state index contributed by atoms with van der Waals surface area (Å²) in [5.74, 6) is -1.26. The van der Waals surface area contributed by atoms with Crippen molar-refractivity contribution in [2.75, 3.05) is 13.1 Å². The first kappa shape index (κ1) is 24.5. The quantitative estimate of drug-likeness (QED) is 0.323. The monoisotopic (exact) mass is 543 g/mol. The molecule has 1 aliphatic heterocycles. The van der Waals surface area contributed by atoms with Crippen LogP contribution in [0.15, 0.2) is 47.5 Å². The Bertz CT molecular complexity index is 1420. The summed E-state index contributed by atoms with van der Waals surface area (Å²) in [6.07, 6.45) is 1.45. The van der Waals surface area contributed by atoms with Gasteiger partial charge in [-0.05, 0) is 18.2 Å². The van der Waals surface area contributed by atoms with Gasteiger partial charge in [0.1, 0.15) is 0 Å². The van der Waals surface area contributed by atoms with Gasteiger partial charge in [0.05, 0.1) is 20.5 Å². The first-order chi connectivity index (χ1) is 15.9. The van der Waals surface area contributed by atoms with E-state index in [9.17, 15) is 28.4 Å². The van der Waals surface area contributed by atoms with Gasteiger partial charge in [-0.3, -0.25) is 10.1 Å². The summed E-state index contributed by atoms with van der Waals surface area (Å²) in [6.45, 7) is 1.51. The average Bonchev–Trinajstić information content (AvgIpc) is 3.16. The molecule has 0 aliphatic carbocycles. The standard InChI is InChI=1S/C21H16Cl3N3O6S/c1-21(9-26(10-21)34(32,33)16-5-3-2-4-15(16)27(30)31)19-18(20(28)29)12(8-25-19)17-13(23)6-11(22)7-14(17)24/h2-8,25H,9-10H2,1H3,(H,28,29). The Morgan fingerprint density at radius 3 is 2.32 bits per heavy atom. The number of hydrogen-bond acceptors (Lipinski definition) is 5. The number of nitrogens with zero attached hydrogens (tertiary/aromatic N) is 2. The number of aromatic nitrogens is 1. The third kappa shape index (κ3) is 3.95. The molecule has 0 atom stereocenters. The number of rotatable bonds is 6. The minimum atomic E-state index is -4.18. The van der Waals surface area contributed by atoms with E-state index in [2.05, 4.69) is 4.98 Å². The summed E-state index contributed by atoms with van der Waals surface area (Å²) < 4.78 is 27.2. The number of nitro benzene ring substituents is 1. The number of benzene rings is 2. The van der Waals surface area contributed by atoms with Crippen LogP contribution in [0.5, 0.6) is 0 Å². The van der Waals surface area contributed by atoms with Crippen molar-refractivity contribution in [2.45, 2.75) is 17.2 Å². The number of para-hydroxylation sites is 1. The molecular formula is C21H16Cl3N3O6S. The van der Waals surface area contributed by atoms with Crippen LogP contribution in [-0.2, 0) is 15.4 Å². The first-order valence-corrected chi connectivity index (χ1v) is 12.3. The van der Waals surface area contributed by atoms with Crippen molar-refractivity contribution in [2.24, 2.45) is 0 Å². The summed E-state index contributed by atoms with van der Waals surface area (Å²) in [6, 6.07) is 7.94. The van der Waals surface area contributed by atoms with Crippen LogP contribution in [0.3, 0.4) is 0 Å². The van der Waals surface area contributed by atoms with Crippen LogP contribution in [-0.4, -0.2) is 46.8 Å². The predicted molar refractivity (Wildman–Crippen MR) is 127 cm³/mol. The van der Waals surface area contributed by atoms with E-state index in [0.717, 1.165) is 10.4 Å². The van der Waals surface area contributed by atoms with Crippen LogP contribution >= 0.6 is 34.8 Å². The number of hydrogen-bond donors (Lipinski definition) is 2. The summed E-state index contributed by atoms with van der Waals surface area (Å²) in [4.78, 5) is 25.3. The van der Waals surface area contributed by atoms with Gasteiger partial charge in [-0.2, -0.15) is 4.31 Å². The summed E-state index contributed by atoms with van der Waals surface area (Å²) in [5.41, 5.74) is -0.747. The molecule has 0 unspecified atom stereocenters. The predicted octanol–water partition coefficient (Wildman–Crippen LogP) is 5.21. The van der Waals surface area contributed by atoms with Crippen LogP contribution in [0.25, 0.3) is 11.1 Å². The second-order valence-electron chi connectivity index (χ2n) is 8.06. The molecule has 1 fully saturated rings. The van der Waals surface area contributed by atoms with E-state index in [1.165, 1.54) is 36.5 Å². The molecule has 2 heterocycles. The van der Waals surface area contributed by atoms with Crippen molar-refractivity contribution in [3.63, 3.8) is 0 Å². The molecule has 9 nitrogen and oxygen atoms in total. The van der Waals surface area contributed by atoms with Crippen LogP contribution < -0.4 is 0 Å². The minimum absolute atomic E-state index is 0.0936. The fourth-order valence-corrected chi connectivity index (χ4v) is 7.01. The molecule has 1 aliphatic rings. The van der Waals surface area contributed by atoms with Crippen LogP contribution in [0.4, 0.5) is 5.69 Å². The van der Waals surface area contributed by atoms with Gasteiger partial charge in [0.15, 0.2) is 4.90 Å². The lowest BCUT2D eigenvalue weighted by molar-refractivity contribution is -0.387. The van der Waals surface area contributed by atoms with E-state index >= 15 is 0 Å². The van der Waals surface area contributed by atoms with Gasteiger partial charge in [0.25, 0.3) is 5.69 Å². The highest BCUT2D eigenvalue weighted by Crippen LogP contribution is 2.45. The van der Waals surface area contributed by atoms with Gasteiger partial charge in [0, 0.05) is 52.6 Å². The molecular weight excluding hydrogens is 529 g/mol. The molecule has 0 radical (unpaired) electrons. The normalized spacial score (nSPS) is 15.6. The Morgan fingerprint density at radius 2 is 1.76 bits per heavy atom. The zero-order chi connectivity index (χ0) is 25.0. The molecule has 3 aromatic rings. The second kappa shape index (κ2) is 8.54. The largest absolute Gasteiger partial charge is 0.478 e. The molecule has 0 amide bonds. The molecule has 13 heteroatoms. The molecule has 1 saturated heterocycles. The minimum Gasteiger partial charge on any atom is -0.478 e. The van der Waals surface area contributed by atoms with E-state index in [1.807, 2.05) is 0 Å². The maximum atomic E-state index is 13.1. The smallest absolute Gasteiger partial charge is 0.338 e. The number of aromatic amines is 1. The number of carboxylic acid groups (broad SMARTS) is 1. The molecule has 2 aromatic carbocycles. The number of carbonyl (C=O) groups is 1. The van der Waals surface area contributed by atoms with E-state index in [1.54, 1.807) is 6.92 Å². The highest BCUT2D eigenvalue weighted by atomic mass is 35.5. The molecule has 4 rings (SSSR count). The number of halogens is 3. The zero-order valence-corrected chi connectivity index (χ0v) is 20.5. The summed E-state index contributed by atoms with van der Waals surface area (Å²) in [7, 11) is -4.18. The van der Waals surface area contributed by atoms with Crippen molar-refractivity contribution in [3.8, 4) is 11.1 Å². The molecule has 178 valence electrons. The number of nitro groups is 1. The van der Waals surface area contributed by atoms with Crippen LogP contribution in [0.2, 0.25) is 15.1 Å². The zero-order valence-electron chi connectivity index (χ0n) is 17.4. The topological polar surface area (TPSA) is 134 Å². The van der Waals surface area contributed by atoms with E-state index in [4.69, 9.17) is 34.8 Å².